The first-order valence-corrected chi connectivity index (χ1v) is 9.85. The van der Waals surface area contributed by atoms with Crippen molar-refractivity contribution >= 4 is 5.91 Å². The molecule has 0 aromatic heterocycles. The predicted octanol–water partition coefficient (Wildman–Crippen LogP) is 0.432. The summed E-state index contributed by atoms with van der Waals surface area (Å²) in [4.78, 5) is 11.3. The minimum Gasteiger partial charge on any atom is -0.497 e. The first-order chi connectivity index (χ1) is 14.9. The Morgan fingerprint density at radius 3 is 2.39 bits per heavy atom. The largest absolute Gasteiger partial charge is 0.497 e. The topological polar surface area (TPSA) is 141 Å². The van der Waals surface area contributed by atoms with Crippen LogP contribution < -0.4 is 10.5 Å². The first kappa shape index (κ1) is 21.7. The van der Waals surface area contributed by atoms with Crippen molar-refractivity contribution in [2.45, 2.75) is 36.3 Å². The van der Waals surface area contributed by atoms with Crippen LogP contribution in [0.3, 0.4) is 0 Å². The molecule has 9 heteroatoms. The molecule has 0 bridgehead atoms. The Balaban J connectivity index is 1.62. The molecule has 2 aliphatic rings. The average molecular weight is 431 g/mol. The van der Waals surface area contributed by atoms with E-state index in [1.165, 1.54) is 0 Å². The van der Waals surface area contributed by atoms with E-state index in [-0.39, 0.29) is 6.61 Å². The molecule has 9 nitrogen and oxygen atoms in total. The number of aliphatic hydroxyl groups excluding tert-OH is 2. The Labute approximate surface area is 178 Å². The molecule has 2 aromatic carbocycles. The Morgan fingerprint density at radius 2 is 1.81 bits per heavy atom. The number of rotatable bonds is 6. The third-order valence-electron chi connectivity index (χ3n) is 5.73. The van der Waals surface area contributed by atoms with E-state index in [9.17, 15) is 20.1 Å². The zero-order chi connectivity index (χ0) is 22.2. The maximum atomic E-state index is 11.5. The Hall–Kier alpha value is -2.53. The number of benzene rings is 2. The fourth-order valence-corrected chi connectivity index (χ4v) is 4.04. The van der Waals surface area contributed by atoms with Crippen LogP contribution in [0.2, 0.25) is 0 Å². The molecule has 0 aliphatic carbocycles. The highest BCUT2D eigenvalue weighted by Gasteiger charge is 2.61. The fourth-order valence-electron chi connectivity index (χ4n) is 4.04. The highest BCUT2D eigenvalue weighted by Crippen LogP contribution is 2.49. The van der Waals surface area contributed by atoms with Gasteiger partial charge in [-0.1, -0.05) is 24.3 Å². The number of hydrogen-bond donors (Lipinski definition) is 4. The zero-order valence-corrected chi connectivity index (χ0v) is 16.9. The molecule has 1 amide bonds. The maximum Gasteiger partial charge on any atom is 0.248 e. The van der Waals surface area contributed by atoms with Crippen LogP contribution in [0.1, 0.15) is 33.9 Å². The highest BCUT2D eigenvalue weighted by molar-refractivity contribution is 5.92. The van der Waals surface area contributed by atoms with Gasteiger partial charge in [0.25, 0.3) is 0 Å². The normalized spacial score (nSPS) is 31.1. The van der Waals surface area contributed by atoms with Crippen molar-refractivity contribution < 1.29 is 39.1 Å². The summed E-state index contributed by atoms with van der Waals surface area (Å²) >= 11 is 0. The summed E-state index contributed by atoms with van der Waals surface area (Å²) in [5.41, 5.74) is 5.28. The molecule has 2 aliphatic heterocycles. The summed E-state index contributed by atoms with van der Waals surface area (Å²) in [5.74, 6) is 0.0944. The number of methoxy groups -OCH3 is 1. The maximum absolute atomic E-state index is 11.5. The SMILES string of the molecule is COc1ccc(C2O[C@H](C(O)CO)[C@@H]3OC(c4ccc(C(N)=O)cc4)OC[C@@]23O)cc1. The highest BCUT2D eigenvalue weighted by atomic mass is 16.7. The number of fused-ring (bicyclic) bond motifs is 1. The molecule has 5 N–H and O–H groups in total. The summed E-state index contributed by atoms with van der Waals surface area (Å²) in [6.45, 7) is -0.694. The van der Waals surface area contributed by atoms with E-state index in [1.54, 1.807) is 55.6 Å². The third kappa shape index (κ3) is 3.91. The van der Waals surface area contributed by atoms with Crippen LogP contribution in [0.15, 0.2) is 48.5 Å². The van der Waals surface area contributed by atoms with Gasteiger partial charge in [-0.15, -0.1) is 0 Å². The van der Waals surface area contributed by atoms with Crippen LogP contribution in [0.4, 0.5) is 0 Å². The molecule has 3 unspecified atom stereocenters. The number of ether oxygens (including phenoxy) is 4. The number of hydrogen-bond acceptors (Lipinski definition) is 8. The van der Waals surface area contributed by atoms with Crippen molar-refractivity contribution in [2.24, 2.45) is 5.73 Å². The van der Waals surface area contributed by atoms with Crippen molar-refractivity contribution in [3.05, 3.63) is 65.2 Å². The zero-order valence-electron chi connectivity index (χ0n) is 16.9. The molecule has 6 atom stereocenters. The van der Waals surface area contributed by atoms with E-state index in [0.29, 0.717) is 22.4 Å². The smallest absolute Gasteiger partial charge is 0.248 e. The number of nitrogens with two attached hydrogens (primary N) is 1. The number of carbonyl (C=O) groups is 1. The lowest BCUT2D eigenvalue weighted by Gasteiger charge is -2.41. The van der Waals surface area contributed by atoms with Gasteiger partial charge in [0.1, 0.15) is 35.8 Å². The second kappa shape index (κ2) is 8.54. The molecule has 0 spiro atoms. The van der Waals surface area contributed by atoms with Gasteiger partial charge in [-0.3, -0.25) is 4.79 Å². The van der Waals surface area contributed by atoms with E-state index >= 15 is 0 Å². The van der Waals surface area contributed by atoms with Gasteiger partial charge in [0.05, 0.1) is 20.3 Å². The predicted molar refractivity (Wildman–Crippen MR) is 107 cm³/mol. The molecule has 4 rings (SSSR count). The van der Waals surface area contributed by atoms with Gasteiger partial charge in [0, 0.05) is 11.1 Å². The van der Waals surface area contributed by atoms with E-state index < -0.39 is 48.8 Å². The number of amides is 1. The lowest BCUT2D eigenvalue weighted by molar-refractivity contribution is -0.292. The van der Waals surface area contributed by atoms with Gasteiger partial charge in [-0.2, -0.15) is 0 Å². The quantitative estimate of drug-likeness (QED) is 0.516. The molecule has 0 saturated carbocycles. The van der Waals surface area contributed by atoms with Gasteiger partial charge in [-0.05, 0) is 29.8 Å². The molecule has 0 radical (unpaired) electrons. The van der Waals surface area contributed by atoms with Crippen molar-refractivity contribution in [3.8, 4) is 5.75 Å². The summed E-state index contributed by atoms with van der Waals surface area (Å²) in [6, 6.07) is 13.4. The number of primary amides is 1. The van der Waals surface area contributed by atoms with Crippen molar-refractivity contribution in [2.75, 3.05) is 20.3 Å². The van der Waals surface area contributed by atoms with E-state index in [2.05, 4.69) is 0 Å². The van der Waals surface area contributed by atoms with Crippen LogP contribution in [0.25, 0.3) is 0 Å². The summed E-state index contributed by atoms with van der Waals surface area (Å²) in [6.07, 6.45) is -4.95. The molecule has 166 valence electrons. The van der Waals surface area contributed by atoms with Gasteiger partial charge >= 0.3 is 0 Å². The van der Waals surface area contributed by atoms with E-state index in [4.69, 9.17) is 24.7 Å². The van der Waals surface area contributed by atoms with Crippen LogP contribution in [0, 0.1) is 0 Å². The summed E-state index contributed by atoms with van der Waals surface area (Å²) in [7, 11) is 1.55. The lowest BCUT2D eigenvalue weighted by Crippen LogP contribution is -2.56. The third-order valence-corrected chi connectivity index (χ3v) is 5.73. The van der Waals surface area contributed by atoms with Gasteiger partial charge in [0.15, 0.2) is 6.29 Å². The lowest BCUT2D eigenvalue weighted by atomic mass is 9.85. The summed E-state index contributed by atoms with van der Waals surface area (Å²) in [5, 5.41) is 31.3. The minimum atomic E-state index is -1.60. The van der Waals surface area contributed by atoms with Gasteiger partial charge in [0.2, 0.25) is 5.91 Å². The molecule has 2 aromatic rings. The van der Waals surface area contributed by atoms with E-state index in [0.717, 1.165) is 0 Å². The van der Waals surface area contributed by atoms with Crippen LogP contribution >= 0.6 is 0 Å². The standard InChI is InChI=1S/C22H25NO8/c1-28-15-8-6-12(7-9-15)18-22(27)11-29-21(14-4-2-13(3-5-14)20(23)26)31-19(22)17(30-18)16(25)10-24/h2-9,16-19,21,24-25,27H,10-11H2,1H3,(H2,23,26)/t16?,17-,18?,19+,21?,22-/m1/s1. The molecule has 2 fully saturated rings. The van der Waals surface area contributed by atoms with Crippen LogP contribution in [-0.4, -0.2) is 65.5 Å². The van der Waals surface area contributed by atoms with Crippen LogP contribution in [0.5, 0.6) is 5.75 Å². The Kier molecular flexibility index (Phi) is 5.98. The second-order valence-electron chi connectivity index (χ2n) is 7.68. The Bertz CT molecular complexity index is 918. The monoisotopic (exact) mass is 431 g/mol. The molecular weight excluding hydrogens is 406 g/mol. The molecule has 31 heavy (non-hydrogen) atoms. The average Bonchev–Trinajstić information content (AvgIpc) is 3.11. The molecular formula is C22H25NO8. The number of aliphatic hydroxyl groups is 3. The van der Waals surface area contributed by atoms with E-state index in [1.807, 2.05) is 0 Å². The van der Waals surface area contributed by atoms with Crippen molar-refractivity contribution in [1.82, 2.24) is 0 Å². The molecule has 2 heterocycles. The first-order valence-electron chi connectivity index (χ1n) is 9.85. The summed E-state index contributed by atoms with van der Waals surface area (Å²) < 4.78 is 23.0. The van der Waals surface area contributed by atoms with Crippen molar-refractivity contribution in [1.29, 1.82) is 0 Å². The Morgan fingerprint density at radius 1 is 1.16 bits per heavy atom. The van der Waals surface area contributed by atoms with Gasteiger partial charge < -0.3 is 40.0 Å². The second-order valence-corrected chi connectivity index (χ2v) is 7.68. The van der Waals surface area contributed by atoms with Gasteiger partial charge in [-0.25, -0.2) is 0 Å². The number of carbonyl (C=O) groups excluding carboxylic acids is 1. The van der Waals surface area contributed by atoms with Crippen LogP contribution in [-0.2, 0) is 14.2 Å². The minimum absolute atomic E-state index is 0.134. The molecule has 2 saturated heterocycles. The fraction of sp³-hybridized carbons (Fsp3) is 0.409. The van der Waals surface area contributed by atoms with Crippen molar-refractivity contribution in [3.63, 3.8) is 0 Å².